The van der Waals surface area contributed by atoms with Crippen molar-refractivity contribution in [2.75, 3.05) is 81.8 Å². The van der Waals surface area contributed by atoms with Gasteiger partial charge in [0.1, 0.15) is 5.69 Å². The number of thiocarbonyl (C=S) groups is 4. The molecular formula is C57H67Cl8N17O11S9. The largest absolute Gasteiger partial charge is 0.504 e. The maximum atomic E-state index is 12.7. The van der Waals surface area contributed by atoms with E-state index in [1.807, 2.05) is 13.8 Å². The molecule has 0 spiro atoms. The zero-order valence-electron chi connectivity index (χ0n) is 53.7. The second kappa shape index (κ2) is 39.5. The normalized spacial score (nSPS) is 11.1. The van der Waals surface area contributed by atoms with Gasteiger partial charge in [-0.3, -0.25) is 9.48 Å². The molecule has 4 aromatic carbocycles. The van der Waals surface area contributed by atoms with E-state index >= 15 is 0 Å². The molecule has 0 fully saturated rings. The summed E-state index contributed by atoms with van der Waals surface area (Å²) in [6, 6.07) is 20.0. The number of anilines is 8. The average molecular weight is 1740 g/mol. The number of rotatable bonds is 20. The number of aromatic nitrogens is 5. The lowest BCUT2D eigenvalue weighted by atomic mass is 10.3. The molecule has 0 aliphatic rings. The summed E-state index contributed by atoms with van der Waals surface area (Å²) < 4.78 is 84.9. The summed E-state index contributed by atoms with van der Waals surface area (Å²) in [6.45, 7) is 12.8. The van der Waals surface area contributed by atoms with Crippen LogP contribution in [0.1, 0.15) is 59.5 Å². The average Bonchev–Trinajstić information content (AvgIpc) is 1.61. The van der Waals surface area contributed by atoms with Gasteiger partial charge in [0.25, 0.3) is 36.0 Å². The van der Waals surface area contributed by atoms with Crippen LogP contribution in [0.3, 0.4) is 0 Å². The monoisotopic (exact) mass is 1730 g/mol. The predicted molar refractivity (Wildman–Crippen MR) is 430 cm³/mol. The maximum Gasteiger partial charge on any atom is 0.274 e. The predicted octanol–water partition coefficient (Wildman–Crippen LogP) is 14.8. The number of benzene rings is 4. The Kier molecular flexibility index (Phi) is 34.2. The van der Waals surface area contributed by atoms with Crippen LogP contribution in [0, 0.1) is 0 Å². The lowest BCUT2D eigenvalue weighted by Gasteiger charge is -2.19. The number of aryl methyl sites for hydroxylation is 2. The van der Waals surface area contributed by atoms with Crippen LogP contribution in [0.15, 0.2) is 92.4 Å². The van der Waals surface area contributed by atoms with Crippen LogP contribution in [0.5, 0.6) is 23.0 Å². The highest BCUT2D eigenvalue weighted by atomic mass is 35.5. The van der Waals surface area contributed by atoms with Crippen LogP contribution in [0.2, 0.25) is 40.2 Å². The van der Waals surface area contributed by atoms with E-state index in [9.17, 15) is 50.5 Å². The Balaban J connectivity index is 0.000000288. The first-order valence-corrected chi connectivity index (χ1v) is 39.4. The van der Waals surface area contributed by atoms with Crippen LogP contribution in [-0.2, 0) is 44.2 Å². The summed E-state index contributed by atoms with van der Waals surface area (Å²) in [5.41, 5.74) is 2.40. The summed E-state index contributed by atoms with van der Waals surface area (Å²) in [6.07, 6.45) is 1.60. The minimum atomic E-state index is -4.06. The molecule has 4 heterocycles. The van der Waals surface area contributed by atoms with E-state index < -0.39 is 51.5 Å². The number of amides is 1. The summed E-state index contributed by atoms with van der Waals surface area (Å²) in [4.78, 5) is 14.2. The zero-order valence-corrected chi connectivity index (χ0v) is 67.1. The van der Waals surface area contributed by atoms with Crippen molar-refractivity contribution in [1.82, 2.24) is 36.6 Å². The Bertz CT molecular complexity index is 4710. The fraction of sp³-hybridized carbons (Fsp3) is 0.263. The van der Waals surface area contributed by atoms with Gasteiger partial charge in [0.05, 0.1) is 62.9 Å². The number of aromatic hydroxyl groups is 4. The highest BCUT2D eigenvalue weighted by Crippen LogP contribution is 2.40. The van der Waals surface area contributed by atoms with Gasteiger partial charge < -0.3 is 72.4 Å². The van der Waals surface area contributed by atoms with Crippen molar-refractivity contribution in [1.29, 1.82) is 0 Å². The van der Waals surface area contributed by atoms with Crippen molar-refractivity contribution in [3.63, 3.8) is 0 Å². The fourth-order valence-corrected chi connectivity index (χ4v) is 16.2. The Morgan fingerprint density at radius 3 is 1.15 bits per heavy atom. The van der Waals surface area contributed by atoms with E-state index in [1.165, 1.54) is 15.7 Å². The van der Waals surface area contributed by atoms with Gasteiger partial charge in [-0.25, -0.2) is 30.4 Å². The first kappa shape index (κ1) is 88.5. The second-order valence-electron chi connectivity index (χ2n) is 19.7. The molecule has 28 nitrogen and oxygen atoms in total. The Morgan fingerprint density at radius 2 is 0.804 bits per heavy atom. The minimum Gasteiger partial charge on any atom is -0.504 e. The summed E-state index contributed by atoms with van der Waals surface area (Å²) >= 11 is 69.8. The van der Waals surface area contributed by atoms with Gasteiger partial charge in [0.2, 0.25) is 5.03 Å². The van der Waals surface area contributed by atoms with Gasteiger partial charge in [0, 0.05) is 59.6 Å². The van der Waals surface area contributed by atoms with E-state index in [0.717, 1.165) is 4.68 Å². The van der Waals surface area contributed by atoms with E-state index in [-0.39, 0.29) is 113 Å². The molecule has 45 heteroatoms. The standard InChI is InChI=1S/C17H20Cl2N4O2S.C15H19Cl2N5O3S2.C14H16Cl2N4O3S3.C10H8Cl2N4O3S3.CH4/c1-4-23(5-2)16(25)14-15(24)12(9-22(14)3)21-17(26)20-11-8-6-7-10(18)13(11)19;1-4-22(5-2)27(24,25)14-12(23)13(20-21(14)3)19-15(26)18-10-8-6-7-9(16)11(10)17;1-3-20(4-2)26(22,23)13-11(21)12(19-25-13)18-14(24)17-9-7-5-6-8(15)10(9)16;11-4-2-1-3-5(6(4)12)14-10(20)15-8-7(17)9(21-16-8)22(13,18)19;/h6-9,24H,4-5H2,1-3H3,(H2,20,21,26);6-8,23H,4-5H2,1-3H3,(H2,18,19,20,26);5-7,21H,3-4H2,1-2H3,(H2,17,18,19,24);1-3,17H,(H2,13,18,19)(H2,14,15,16,20);1H4. The molecule has 0 bridgehead atoms. The van der Waals surface area contributed by atoms with E-state index in [0.29, 0.717) is 89.7 Å². The lowest BCUT2D eigenvalue weighted by molar-refractivity contribution is 0.0760. The zero-order chi connectivity index (χ0) is 75.8. The number of nitrogens with zero attached hydrogens (tertiary/aromatic N) is 8. The van der Waals surface area contributed by atoms with Crippen LogP contribution < -0.4 is 47.7 Å². The molecule has 102 heavy (non-hydrogen) atoms. The quantitative estimate of drug-likeness (QED) is 0.0315. The number of hydrogen-bond donors (Lipinski definition) is 13. The first-order valence-electron chi connectivity index (χ1n) is 28.8. The van der Waals surface area contributed by atoms with Gasteiger partial charge in [-0.05, 0) is 134 Å². The van der Waals surface area contributed by atoms with Crippen molar-refractivity contribution in [3.8, 4) is 23.0 Å². The number of sulfonamides is 3. The van der Waals surface area contributed by atoms with Gasteiger partial charge >= 0.3 is 0 Å². The highest BCUT2D eigenvalue weighted by molar-refractivity contribution is 7.91. The molecule has 0 radical (unpaired) electrons. The Morgan fingerprint density at radius 1 is 0.480 bits per heavy atom. The van der Waals surface area contributed by atoms with Crippen molar-refractivity contribution < 1.29 is 50.5 Å². The lowest BCUT2D eigenvalue weighted by Crippen LogP contribution is -2.32. The number of nitrogens with two attached hydrogens (primary N) is 1. The van der Waals surface area contributed by atoms with E-state index in [4.69, 9.17) is 147 Å². The van der Waals surface area contributed by atoms with Crippen molar-refractivity contribution in [2.24, 2.45) is 19.2 Å². The van der Waals surface area contributed by atoms with Gasteiger partial charge in [-0.15, -0.1) is 5.10 Å². The molecule has 0 saturated carbocycles. The van der Waals surface area contributed by atoms with Gasteiger partial charge in [-0.2, -0.15) is 17.4 Å². The van der Waals surface area contributed by atoms with Crippen LogP contribution >= 0.6 is 165 Å². The second-order valence-corrected chi connectivity index (χ2v) is 31.8. The van der Waals surface area contributed by atoms with Crippen molar-refractivity contribution in [2.45, 2.75) is 62.4 Å². The SMILES string of the molecule is C.CCN(CC)C(=O)c1c(O)c(NC(=S)Nc2cccc(Cl)c2Cl)cn1C.CCN(CC)S(=O)(=O)c1c(O)c(NC(=S)Nc2cccc(Cl)c2Cl)nn1C.CCN(CC)S(=O)(=O)c1snc(NC(=S)Nc2cccc(Cl)c2Cl)c1O.NS(=O)(=O)c1snc(NC(=S)Nc2cccc(Cl)c2Cl)c1O. The van der Waals surface area contributed by atoms with Crippen molar-refractivity contribution >= 4 is 267 Å². The number of hydrogen-bond acceptors (Lipinski definition) is 20. The van der Waals surface area contributed by atoms with Crippen LogP contribution in [0.25, 0.3) is 0 Å². The number of carbonyl (C=O) groups is 1. The third-order valence-corrected chi connectivity index (χ3v) is 25.1. The summed E-state index contributed by atoms with van der Waals surface area (Å²) in [5.74, 6) is -2.31. The molecule has 8 rings (SSSR count). The molecule has 0 unspecified atom stereocenters. The molecule has 8 aromatic rings. The molecule has 14 N–H and O–H groups in total. The number of halogens is 8. The van der Waals surface area contributed by atoms with Crippen molar-refractivity contribution in [3.05, 3.63) is 125 Å². The smallest absolute Gasteiger partial charge is 0.274 e. The van der Waals surface area contributed by atoms with Gasteiger partial charge in [-0.1, -0.05) is 152 Å². The summed E-state index contributed by atoms with van der Waals surface area (Å²) in [5, 5.41) is 74.6. The molecule has 4 aromatic heterocycles. The molecule has 0 aliphatic heterocycles. The van der Waals surface area contributed by atoms with E-state index in [1.54, 1.807) is 123 Å². The third-order valence-electron chi connectivity index (χ3n) is 13.2. The molecule has 0 atom stereocenters. The molecule has 0 saturated heterocycles. The van der Waals surface area contributed by atoms with E-state index in [2.05, 4.69) is 56.4 Å². The molecule has 1 amide bonds. The van der Waals surface area contributed by atoms with Gasteiger partial charge in [0.15, 0.2) is 75.0 Å². The number of primary sulfonamides is 1. The Labute approximate surface area is 659 Å². The minimum absolute atomic E-state index is 0. The highest BCUT2D eigenvalue weighted by Gasteiger charge is 2.33. The Hall–Kier alpha value is -5.89. The number of nitrogens with one attached hydrogen (secondary N) is 8. The fourth-order valence-electron chi connectivity index (χ4n) is 8.38. The summed E-state index contributed by atoms with van der Waals surface area (Å²) in [7, 11) is -8.68. The third kappa shape index (κ3) is 22.6. The molecule has 556 valence electrons. The van der Waals surface area contributed by atoms with Crippen LogP contribution in [-0.4, -0.2) is 148 Å². The topological polar surface area (TPSA) is 381 Å². The number of carbonyl (C=O) groups excluding carboxylic acids is 1. The maximum absolute atomic E-state index is 12.7. The molecular weight excluding hydrogens is 1670 g/mol. The van der Waals surface area contributed by atoms with Crippen LogP contribution in [0.4, 0.5) is 45.9 Å². The first-order chi connectivity index (χ1) is 47.3. The molecule has 0 aliphatic carbocycles.